The molecule has 0 spiro atoms. The lowest BCUT2D eigenvalue weighted by Gasteiger charge is -2.43. The number of carbonyl (C=O) groups excluding carboxylic acids is 1. The van der Waals surface area contributed by atoms with Gasteiger partial charge in [0.05, 0.1) is 30.6 Å². The van der Waals surface area contributed by atoms with Crippen LogP contribution in [0.25, 0.3) is 0 Å². The van der Waals surface area contributed by atoms with Crippen LogP contribution in [0.15, 0.2) is 85.3 Å². The lowest BCUT2D eigenvalue weighted by molar-refractivity contribution is -0.140. The highest BCUT2D eigenvalue weighted by Crippen LogP contribution is 2.40. The number of nitrogens with zero attached hydrogens (tertiary/aromatic N) is 3. The number of amides is 1. The van der Waals surface area contributed by atoms with E-state index in [0.717, 1.165) is 42.1 Å². The van der Waals surface area contributed by atoms with Gasteiger partial charge in [0.2, 0.25) is 5.91 Å². The summed E-state index contributed by atoms with van der Waals surface area (Å²) in [5.41, 5.74) is 7.22. The summed E-state index contributed by atoms with van der Waals surface area (Å²) in [7, 11) is 0. The van der Waals surface area contributed by atoms with Crippen molar-refractivity contribution >= 4 is 17.5 Å². The maximum absolute atomic E-state index is 14.4. The third-order valence-electron chi connectivity index (χ3n) is 8.02. The Morgan fingerprint density at radius 2 is 1.65 bits per heavy atom. The van der Waals surface area contributed by atoms with E-state index in [-0.39, 0.29) is 24.0 Å². The number of rotatable bonds is 6. The Hall–Kier alpha value is -3.41. The van der Waals surface area contributed by atoms with Crippen LogP contribution in [0.1, 0.15) is 46.5 Å². The zero-order valence-corrected chi connectivity index (χ0v) is 21.7. The lowest BCUT2D eigenvalue weighted by atomic mass is 9.87. The summed E-state index contributed by atoms with van der Waals surface area (Å²) in [6, 6.07) is 24.9. The minimum absolute atomic E-state index is 0.0765. The monoisotopic (exact) mass is 510 g/mol. The van der Waals surface area contributed by atoms with E-state index in [1.165, 1.54) is 22.3 Å². The molecule has 1 amide bonds. The standard InChI is InChI=1S/C31H31ClN4O/c1-21(35-15-14-22-8-4-5-11-27(22)30(35)28-12-6-7-13-29(28)32)31(37)36(19-25-18-33-20-34-25)26-16-23-9-2-3-10-24(23)17-26/h2-13,18,20-21,26,30H,14-17,19H2,1H3,(H,33,34). The van der Waals surface area contributed by atoms with Crippen LogP contribution in [-0.4, -0.2) is 44.3 Å². The Morgan fingerprint density at radius 1 is 1.00 bits per heavy atom. The van der Waals surface area contributed by atoms with Crippen LogP contribution in [0.3, 0.4) is 0 Å². The van der Waals surface area contributed by atoms with E-state index >= 15 is 0 Å². The highest BCUT2D eigenvalue weighted by atomic mass is 35.5. The minimum Gasteiger partial charge on any atom is -0.347 e. The summed E-state index contributed by atoms with van der Waals surface area (Å²) in [6.07, 6.45) is 6.15. The molecule has 2 atom stereocenters. The van der Waals surface area contributed by atoms with Gasteiger partial charge in [-0.05, 0) is 60.1 Å². The first kappa shape index (κ1) is 24.0. The van der Waals surface area contributed by atoms with Gasteiger partial charge in [0.15, 0.2) is 0 Å². The van der Waals surface area contributed by atoms with Crippen LogP contribution >= 0.6 is 11.6 Å². The average Bonchev–Trinajstić information content (AvgIpc) is 3.60. The fourth-order valence-corrected chi connectivity index (χ4v) is 6.36. The molecule has 2 heterocycles. The summed E-state index contributed by atoms with van der Waals surface area (Å²) >= 11 is 6.75. The molecular weight excluding hydrogens is 480 g/mol. The number of benzene rings is 3. The maximum Gasteiger partial charge on any atom is 0.240 e. The molecule has 3 aromatic carbocycles. The first-order valence-electron chi connectivity index (χ1n) is 13.0. The number of H-pyrrole nitrogens is 1. The summed E-state index contributed by atoms with van der Waals surface area (Å²) in [4.78, 5) is 26.2. The molecule has 6 rings (SSSR count). The molecule has 6 heteroatoms. The molecular formula is C31H31ClN4O. The van der Waals surface area contributed by atoms with Crippen molar-refractivity contribution < 1.29 is 4.79 Å². The highest BCUT2D eigenvalue weighted by Gasteiger charge is 2.39. The van der Waals surface area contributed by atoms with Crippen molar-refractivity contribution in [1.82, 2.24) is 19.8 Å². The number of aromatic amines is 1. The molecule has 1 aliphatic carbocycles. The number of carbonyl (C=O) groups is 1. The molecule has 1 N–H and O–H groups in total. The lowest BCUT2D eigenvalue weighted by Crippen LogP contribution is -2.53. The number of aromatic nitrogens is 2. The largest absolute Gasteiger partial charge is 0.347 e. The van der Waals surface area contributed by atoms with E-state index in [9.17, 15) is 4.79 Å². The average molecular weight is 511 g/mol. The number of imidazole rings is 1. The normalized spacial score (nSPS) is 18.3. The maximum atomic E-state index is 14.4. The molecule has 0 saturated carbocycles. The van der Waals surface area contributed by atoms with Gasteiger partial charge in [0.25, 0.3) is 0 Å². The quantitative estimate of drug-likeness (QED) is 0.367. The molecule has 37 heavy (non-hydrogen) atoms. The van der Waals surface area contributed by atoms with Gasteiger partial charge in [-0.3, -0.25) is 9.69 Å². The molecule has 0 radical (unpaired) electrons. The Bertz CT molecular complexity index is 1380. The predicted octanol–water partition coefficient (Wildman–Crippen LogP) is 5.60. The van der Waals surface area contributed by atoms with Gasteiger partial charge in [-0.25, -0.2) is 4.98 Å². The van der Waals surface area contributed by atoms with Crippen molar-refractivity contribution in [1.29, 1.82) is 0 Å². The van der Waals surface area contributed by atoms with E-state index < -0.39 is 0 Å². The molecule has 4 aromatic rings. The molecule has 0 saturated heterocycles. The van der Waals surface area contributed by atoms with Crippen molar-refractivity contribution in [2.45, 2.75) is 50.9 Å². The second-order valence-electron chi connectivity index (χ2n) is 10.2. The first-order chi connectivity index (χ1) is 18.1. The number of hydrogen-bond donors (Lipinski definition) is 1. The Morgan fingerprint density at radius 3 is 2.32 bits per heavy atom. The Labute approximate surface area is 223 Å². The van der Waals surface area contributed by atoms with Gasteiger partial charge >= 0.3 is 0 Å². The number of hydrogen-bond acceptors (Lipinski definition) is 3. The topological polar surface area (TPSA) is 52.2 Å². The van der Waals surface area contributed by atoms with Crippen molar-refractivity contribution in [3.63, 3.8) is 0 Å². The van der Waals surface area contributed by atoms with Crippen LogP contribution in [0.5, 0.6) is 0 Å². The fourth-order valence-electron chi connectivity index (χ4n) is 6.13. The van der Waals surface area contributed by atoms with Gasteiger partial charge in [0, 0.05) is 23.8 Å². The summed E-state index contributed by atoms with van der Waals surface area (Å²) in [6.45, 7) is 3.37. The first-order valence-corrected chi connectivity index (χ1v) is 13.4. The Balaban J connectivity index is 1.35. The van der Waals surface area contributed by atoms with Crippen LogP contribution < -0.4 is 0 Å². The second-order valence-corrected chi connectivity index (χ2v) is 10.6. The zero-order chi connectivity index (χ0) is 25.4. The van der Waals surface area contributed by atoms with Crippen molar-refractivity contribution in [2.75, 3.05) is 6.54 Å². The van der Waals surface area contributed by atoms with Crippen molar-refractivity contribution in [3.05, 3.63) is 124 Å². The van der Waals surface area contributed by atoms with E-state index in [2.05, 4.69) is 81.3 Å². The van der Waals surface area contributed by atoms with Crippen molar-refractivity contribution in [2.24, 2.45) is 0 Å². The molecule has 1 aliphatic heterocycles. The molecule has 188 valence electrons. The summed E-state index contributed by atoms with van der Waals surface area (Å²) < 4.78 is 0. The van der Waals surface area contributed by atoms with E-state index in [0.29, 0.717) is 6.54 Å². The molecule has 2 aliphatic rings. The fraction of sp³-hybridized carbons (Fsp3) is 0.290. The van der Waals surface area contributed by atoms with E-state index in [1.54, 1.807) is 6.33 Å². The minimum atomic E-state index is -0.318. The van der Waals surface area contributed by atoms with Crippen molar-refractivity contribution in [3.8, 4) is 0 Å². The molecule has 0 fully saturated rings. The number of nitrogens with one attached hydrogen (secondary N) is 1. The van der Waals surface area contributed by atoms with Gasteiger partial charge < -0.3 is 9.88 Å². The molecule has 1 aromatic heterocycles. The Kier molecular flexibility index (Phi) is 6.58. The van der Waals surface area contributed by atoms with Gasteiger partial charge in [-0.15, -0.1) is 0 Å². The predicted molar refractivity (Wildman–Crippen MR) is 146 cm³/mol. The van der Waals surface area contributed by atoms with Crippen LogP contribution in [0.2, 0.25) is 5.02 Å². The molecule has 5 nitrogen and oxygen atoms in total. The van der Waals surface area contributed by atoms with Crippen LogP contribution in [0.4, 0.5) is 0 Å². The molecule has 2 unspecified atom stereocenters. The second kappa shape index (κ2) is 10.2. The SMILES string of the molecule is CC(C(=O)N(Cc1cnc[nH]1)C1Cc2ccccc2C1)N1CCc2ccccc2C1c1ccccc1Cl. The van der Waals surface area contributed by atoms with E-state index in [1.807, 2.05) is 24.4 Å². The summed E-state index contributed by atoms with van der Waals surface area (Å²) in [5.74, 6) is 0.142. The van der Waals surface area contributed by atoms with Gasteiger partial charge in [-0.1, -0.05) is 78.3 Å². The smallest absolute Gasteiger partial charge is 0.240 e. The van der Waals surface area contributed by atoms with Crippen LogP contribution in [-0.2, 0) is 30.6 Å². The number of halogens is 1. The third kappa shape index (κ3) is 4.58. The number of fused-ring (bicyclic) bond motifs is 2. The third-order valence-corrected chi connectivity index (χ3v) is 8.37. The zero-order valence-electron chi connectivity index (χ0n) is 21.0. The van der Waals surface area contributed by atoms with Gasteiger partial charge in [-0.2, -0.15) is 0 Å². The van der Waals surface area contributed by atoms with Crippen LogP contribution in [0, 0.1) is 0 Å². The summed E-state index contributed by atoms with van der Waals surface area (Å²) in [5, 5.41) is 0.731. The highest BCUT2D eigenvalue weighted by molar-refractivity contribution is 6.31. The molecule has 0 bridgehead atoms. The van der Waals surface area contributed by atoms with E-state index in [4.69, 9.17) is 11.6 Å². The van der Waals surface area contributed by atoms with Gasteiger partial charge in [0.1, 0.15) is 0 Å².